The Morgan fingerprint density at radius 1 is 0.784 bits per heavy atom. The summed E-state index contributed by atoms with van der Waals surface area (Å²) in [7, 11) is 0. The molecule has 0 unspecified atom stereocenters. The Hall–Kier alpha value is -3.50. The van der Waals surface area contributed by atoms with Gasteiger partial charge in [-0.2, -0.15) is 0 Å². The van der Waals surface area contributed by atoms with Crippen molar-refractivity contribution in [3.63, 3.8) is 0 Å². The van der Waals surface area contributed by atoms with Crippen LogP contribution in [0.3, 0.4) is 0 Å². The fourth-order valence-corrected chi connectivity index (χ4v) is 3.84. The van der Waals surface area contributed by atoms with Gasteiger partial charge in [0.1, 0.15) is 11.6 Å². The summed E-state index contributed by atoms with van der Waals surface area (Å²) < 4.78 is 24.6. The number of halogens is 1. The molecule has 3 aromatic rings. The molecule has 0 fully saturated rings. The van der Waals surface area contributed by atoms with Crippen LogP contribution in [0.5, 0.6) is 5.75 Å². The van der Waals surface area contributed by atoms with Gasteiger partial charge in [-0.3, -0.25) is 4.79 Å². The second-order valence-electron chi connectivity index (χ2n) is 9.27. The Kier molecular flexibility index (Phi) is 11.8. The van der Waals surface area contributed by atoms with Gasteiger partial charge in [0.15, 0.2) is 5.78 Å². The summed E-state index contributed by atoms with van der Waals surface area (Å²) in [6, 6.07) is 21.6. The molecule has 0 aromatic heterocycles. The van der Waals surface area contributed by atoms with Gasteiger partial charge >= 0.3 is 0 Å². The Labute approximate surface area is 220 Å². The summed E-state index contributed by atoms with van der Waals surface area (Å²) in [4.78, 5) is 12.1. The van der Waals surface area contributed by atoms with Crippen LogP contribution in [-0.2, 0) is 11.3 Å². The second-order valence-corrected chi connectivity index (χ2v) is 9.27. The topological polar surface area (TPSA) is 35.5 Å². The van der Waals surface area contributed by atoms with Crippen LogP contribution in [0.15, 0.2) is 85.5 Å². The van der Waals surface area contributed by atoms with Crippen molar-refractivity contribution in [2.45, 2.75) is 52.1 Å². The standard InChI is InChI=1S/C33H37FO3/c1-26(2)29-14-9-28(10-15-29)25-36-23-7-5-3-4-6-8-24-37-32-20-11-27(12-21-32)13-22-33(35)30-16-18-31(34)19-17-30/h9-22H,1,3-8,23-25H2,2H3. The van der Waals surface area contributed by atoms with E-state index in [4.69, 9.17) is 9.47 Å². The molecule has 0 saturated carbocycles. The van der Waals surface area contributed by atoms with Gasteiger partial charge in [0, 0.05) is 12.2 Å². The van der Waals surface area contributed by atoms with Gasteiger partial charge < -0.3 is 9.47 Å². The van der Waals surface area contributed by atoms with E-state index in [2.05, 4.69) is 30.8 Å². The first kappa shape index (κ1) is 28.1. The lowest BCUT2D eigenvalue weighted by Crippen LogP contribution is -1.98. The van der Waals surface area contributed by atoms with Crippen molar-refractivity contribution in [3.05, 3.63) is 114 Å². The zero-order valence-corrected chi connectivity index (χ0v) is 21.8. The Balaban J connectivity index is 1.19. The van der Waals surface area contributed by atoms with E-state index in [9.17, 15) is 9.18 Å². The van der Waals surface area contributed by atoms with Crippen molar-refractivity contribution >= 4 is 17.4 Å². The summed E-state index contributed by atoms with van der Waals surface area (Å²) in [5.74, 6) is 0.320. The van der Waals surface area contributed by atoms with Crippen LogP contribution in [0, 0.1) is 5.82 Å². The molecule has 0 aliphatic rings. The fraction of sp³-hybridized carbons (Fsp3) is 0.303. The van der Waals surface area contributed by atoms with E-state index in [1.54, 1.807) is 6.08 Å². The van der Waals surface area contributed by atoms with Crippen LogP contribution < -0.4 is 4.74 Å². The number of allylic oxidation sites excluding steroid dienone is 2. The van der Waals surface area contributed by atoms with Crippen molar-refractivity contribution in [1.29, 1.82) is 0 Å². The van der Waals surface area contributed by atoms with Crippen LogP contribution in [0.25, 0.3) is 11.6 Å². The maximum absolute atomic E-state index is 13.0. The zero-order chi connectivity index (χ0) is 26.3. The predicted octanol–water partition coefficient (Wildman–Crippen LogP) is 8.69. The molecule has 3 nitrogen and oxygen atoms in total. The van der Waals surface area contributed by atoms with Gasteiger partial charge in [-0.1, -0.05) is 80.3 Å². The SMILES string of the molecule is C=C(C)c1ccc(COCCCCCCCCOc2ccc(C=CC(=O)c3ccc(F)cc3)cc2)cc1. The van der Waals surface area contributed by atoms with E-state index < -0.39 is 0 Å². The largest absolute Gasteiger partial charge is 0.494 e. The van der Waals surface area contributed by atoms with E-state index in [-0.39, 0.29) is 11.6 Å². The monoisotopic (exact) mass is 500 g/mol. The van der Waals surface area contributed by atoms with Crippen LogP contribution >= 0.6 is 0 Å². The van der Waals surface area contributed by atoms with Gasteiger partial charge in [-0.05, 0) is 78.9 Å². The molecule has 4 heteroatoms. The average molecular weight is 501 g/mol. The highest BCUT2D eigenvalue weighted by Gasteiger charge is 2.02. The third-order valence-corrected chi connectivity index (χ3v) is 6.10. The highest BCUT2D eigenvalue weighted by molar-refractivity contribution is 6.06. The van der Waals surface area contributed by atoms with Crippen molar-refractivity contribution in [2.75, 3.05) is 13.2 Å². The molecule has 0 bridgehead atoms. The van der Waals surface area contributed by atoms with Crippen LogP contribution in [-0.4, -0.2) is 19.0 Å². The number of carbonyl (C=O) groups excluding carboxylic acids is 1. The lowest BCUT2D eigenvalue weighted by Gasteiger charge is -2.07. The first-order valence-corrected chi connectivity index (χ1v) is 13.0. The lowest BCUT2D eigenvalue weighted by atomic mass is 10.1. The molecule has 194 valence electrons. The quantitative estimate of drug-likeness (QED) is 0.112. The number of hydrogen-bond acceptors (Lipinski definition) is 3. The summed E-state index contributed by atoms with van der Waals surface area (Å²) in [6.07, 6.45) is 10.1. The normalized spacial score (nSPS) is 11.1. The summed E-state index contributed by atoms with van der Waals surface area (Å²) in [5, 5.41) is 0. The maximum atomic E-state index is 13.0. The second kappa shape index (κ2) is 15.6. The van der Waals surface area contributed by atoms with Gasteiger partial charge in [0.2, 0.25) is 0 Å². The lowest BCUT2D eigenvalue weighted by molar-refractivity contribution is 0.104. The van der Waals surface area contributed by atoms with E-state index in [1.807, 2.05) is 31.2 Å². The number of carbonyl (C=O) groups is 1. The fourth-order valence-electron chi connectivity index (χ4n) is 3.84. The minimum atomic E-state index is -0.352. The average Bonchev–Trinajstić information content (AvgIpc) is 2.91. The zero-order valence-electron chi connectivity index (χ0n) is 21.8. The molecule has 0 amide bonds. The van der Waals surface area contributed by atoms with E-state index in [0.29, 0.717) is 18.8 Å². The number of hydrogen-bond donors (Lipinski definition) is 0. The maximum Gasteiger partial charge on any atom is 0.185 e. The minimum Gasteiger partial charge on any atom is -0.494 e. The molecule has 0 atom stereocenters. The molecule has 0 spiro atoms. The highest BCUT2D eigenvalue weighted by atomic mass is 19.1. The molecule has 0 saturated heterocycles. The number of benzene rings is 3. The molecule has 0 heterocycles. The molecular formula is C33H37FO3. The van der Waals surface area contributed by atoms with Gasteiger partial charge in [-0.25, -0.2) is 4.39 Å². The molecular weight excluding hydrogens is 463 g/mol. The van der Waals surface area contributed by atoms with E-state index >= 15 is 0 Å². The van der Waals surface area contributed by atoms with Gasteiger partial charge in [0.05, 0.1) is 13.2 Å². The van der Waals surface area contributed by atoms with Crippen molar-refractivity contribution in [3.8, 4) is 5.75 Å². The Bertz CT molecular complexity index is 1130. The smallest absolute Gasteiger partial charge is 0.185 e. The minimum absolute atomic E-state index is 0.155. The molecule has 0 N–H and O–H groups in total. The van der Waals surface area contributed by atoms with Crippen molar-refractivity contribution < 1.29 is 18.7 Å². The summed E-state index contributed by atoms with van der Waals surface area (Å²) in [5.41, 5.74) is 4.83. The Morgan fingerprint density at radius 2 is 1.38 bits per heavy atom. The Morgan fingerprint density at radius 3 is 2.03 bits per heavy atom. The molecule has 0 aliphatic carbocycles. The molecule has 3 rings (SSSR count). The molecule has 37 heavy (non-hydrogen) atoms. The van der Waals surface area contributed by atoms with Gasteiger partial charge in [-0.15, -0.1) is 0 Å². The summed E-state index contributed by atoms with van der Waals surface area (Å²) >= 11 is 0. The van der Waals surface area contributed by atoms with E-state index in [1.165, 1.54) is 60.7 Å². The first-order valence-electron chi connectivity index (χ1n) is 13.0. The third kappa shape index (κ3) is 10.6. The van der Waals surface area contributed by atoms with Crippen molar-refractivity contribution in [1.82, 2.24) is 0 Å². The highest BCUT2D eigenvalue weighted by Crippen LogP contribution is 2.16. The number of ketones is 1. The van der Waals surface area contributed by atoms with Crippen LogP contribution in [0.2, 0.25) is 0 Å². The van der Waals surface area contributed by atoms with Crippen LogP contribution in [0.1, 0.15) is 72.5 Å². The number of ether oxygens (including phenoxy) is 2. The van der Waals surface area contributed by atoms with E-state index in [0.717, 1.165) is 42.8 Å². The first-order chi connectivity index (χ1) is 18.0. The molecule has 0 aliphatic heterocycles. The predicted molar refractivity (Wildman–Crippen MR) is 150 cm³/mol. The third-order valence-electron chi connectivity index (χ3n) is 6.10. The molecule has 0 radical (unpaired) electrons. The number of unbranched alkanes of at least 4 members (excludes halogenated alkanes) is 5. The van der Waals surface area contributed by atoms with Crippen molar-refractivity contribution in [2.24, 2.45) is 0 Å². The molecule has 3 aromatic carbocycles. The van der Waals surface area contributed by atoms with Gasteiger partial charge in [0.25, 0.3) is 0 Å². The van der Waals surface area contributed by atoms with Crippen LogP contribution in [0.4, 0.5) is 4.39 Å². The summed E-state index contributed by atoms with van der Waals surface area (Å²) in [6.45, 7) is 8.15. The number of rotatable bonds is 16.